The zero-order chi connectivity index (χ0) is 15.2. The minimum atomic E-state index is 0.760. The lowest BCUT2D eigenvalue weighted by Gasteiger charge is -2.01. The molecular formula is C19H11N3O. The van der Waals surface area contributed by atoms with Gasteiger partial charge in [0.25, 0.3) is 0 Å². The molecule has 0 fully saturated rings. The van der Waals surface area contributed by atoms with Crippen LogP contribution in [-0.2, 0) is 0 Å². The first-order chi connectivity index (χ1) is 11.4. The number of fused-ring (bicyclic) bond motifs is 4. The van der Waals surface area contributed by atoms with E-state index in [0.717, 1.165) is 44.4 Å². The number of pyridine rings is 1. The Balaban J connectivity index is 1.76. The molecule has 23 heavy (non-hydrogen) atoms. The highest BCUT2D eigenvalue weighted by Gasteiger charge is 2.10. The molecule has 0 spiro atoms. The molecular weight excluding hydrogens is 286 g/mol. The first-order valence-electron chi connectivity index (χ1n) is 7.40. The number of hydrogen-bond acceptors (Lipinski definition) is 4. The second-order valence-electron chi connectivity index (χ2n) is 5.43. The summed E-state index contributed by atoms with van der Waals surface area (Å²) in [5.74, 6) is 0. The third kappa shape index (κ3) is 1.89. The summed E-state index contributed by atoms with van der Waals surface area (Å²) in [5, 5.41) is 10.6. The van der Waals surface area contributed by atoms with Gasteiger partial charge in [0.1, 0.15) is 16.8 Å². The van der Waals surface area contributed by atoms with Crippen LogP contribution in [0.4, 0.5) is 0 Å². The number of para-hydroxylation sites is 1. The predicted octanol–water partition coefficient (Wildman–Crippen LogP) is 4.59. The van der Waals surface area contributed by atoms with Crippen LogP contribution in [0, 0.1) is 0 Å². The smallest absolute Gasteiger partial charge is 0.153 e. The van der Waals surface area contributed by atoms with Crippen molar-refractivity contribution in [3.05, 3.63) is 66.7 Å². The second kappa shape index (κ2) is 4.61. The zero-order valence-electron chi connectivity index (χ0n) is 12.1. The van der Waals surface area contributed by atoms with Crippen LogP contribution < -0.4 is 0 Å². The second-order valence-corrected chi connectivity index (χ2v) is 5.43. The van der Waals surface area contributed by atoms with Crippen LogP contribution in [-0.4, -0.2) is 15.2 Å². The van der Waals surface area contributed by atoms with Crippen molar-refractivity contribution >= 4 is 33.0 Å². The molecule has 5 aromatic rings. The van der Waals surface area contributed by atoms with Crippen LogP contribution in [0.25, 0.3) is 44.4 Å². The van der Waals surface area contributed by atoms with E-state index < -0.39 is 0 Å². The topological polar surface area (TPSA) is 51.8 Å². The van der Waals surface area contributed by atoms with E-state index in [1.54, 1.807) is 0 Å². The number of furan rings is 1. The molecule has 0 aliphatic heterocycles. The lowest BCUT2D eigenvalue weighted by Crippen LogP contribution is -1.91. The number of hydrogen-bond donors (Lipinski definition) is 0. The van der Waals surface area contributed by atoms with E-state index in [2.05, 4.69) is 10.2 Å². The van der Waals surface area contributed by atoms with E-state index in [1.165, 1.54) is 0 Å². The summed E-state index contributed by atoms with van der Waals surface area (Å²) in [6.45, 7) is 0. The third-order valence-electron chi connectivity index (χ3n) is 3.98. The summed E-state index contributed by atoms with van der Waals surface area (Å²) in [6, 6.07) is 21.7. The summed E-state index contributed by atoms with van der Waals surface area (Å²) in [7, 11) is 0. The Kier molecular flexibility index (Phi) is 2.46. The van der Waals surface area contributed by atoms with Crippen molar-refractivity contribution in [1.29, 1.82) is 0 Å². The average Bonchev–Trinajstić information content (AvgIpc) is 2.99. The molecule has 0 saturated heterocycles. The van der Waals surface area contributed by atoms with Gasteiger partial charge in [-0.3, -0.25) is 0 Å². The van der Waals surface area contributed by atoms with Crippen LogP contribution in [0.2, 0.25) is 0 Å². The van der Waals surface area contributed by atoms with Gasteiger partial charge < -0.3 is 4.42 Å². The van der Waals surface area contributed by atoms with Crippen LogP contribution in [0.5, 0.6) is 0 Å². The summed E-state index contributed by atoms with van der Waals surface area (Å²) >= 11 is 0. The molecule has 3 heterocycles. The van der Waals surface area contributed by atoms with Crippen molar-refractivity contribution < 1.29 is 4.42 Å². The molecule has 0 N–H and O–H groups in total. The average molecular weight is 297 g/mol. The van der Waals surface area contributed by atoms with E-state index in [1.807, 2.05) is 66.7 Å². The highest BCUT2D eigenvalue weighted by atomic mass is 16.3. The summed E-state index contributed by atoms with van der Waals surface area (Å²) in [4.78, 5) is 4.74. The summed E-state index contributed by atoms with van der Waals surface area (Å²) in [5.41, 5.74) is 4.91. The Hall–Kier alpha value is -3.27. The van der Waals surface area contributed by atoms with Crippen molar-refractivity contribution in [2.75, 3.05) is 0 Å². The SMILES string of the molecule is c1ccc2nnc(-c3ccc4oc5ccccc5c4n3)cc2c1. The zero-order valence-corrected chi connectivity index (χ0v) is 12.1. The maximum absolute atomic E-state index is 5.81. The van der Waals surface area contributed by atoms with Gasteiger partial charge in [-0.2, -0.15) is 0 Å². The Labute approximate surface area is 131 Å². The van der Waals surface area contributed by atoms with Crippen LogP contribution in [0.15, 0.2) is 71.1 Å². The Morgan fingerprint density at radius 1 is 0.696 bits per heavy atom. The van der Waals surface area contributed by atoms with Crippen LogP contribution >= 0.6 is 0 Å². The van der Waals surface area contributed by atoms with Crippen molar-refractivity contribution in [2.45, 2.75) is 0 Å². The van der Waals surface area contributed by atoms with Gasteiger partial charge in [-0.25, -0.2) is 4.98 Å². The predicted molar refractivity (Wildman–Crippen MR) is 90.0 cm³/mol. The molecule has 0 radical (unpaired) electrons. The number of benzene rings is 2. The largest absolute Gasteiger partial charge is 0.454 e. The fourth-order valence-electron chi connectivity index (χ4n) is 2.84. The summed E-state index contributed by atoms with van der Waals surface area (Å²) in [6.07, 6.45) is 0. The first-order valence-corrected chi connectivity index (χ1v) is 7.40. The summed E-state index contributed by atoms with van der Waals surface area (Å²) < 4.78 is 5.81. The van der Waals surface area contributed by atoms with Gasteiger partial charge >= 0.3 is 0 Å². The molecule has 2 aromatic carbocycles. The van der Waals surface area contributed by atoms with Crippen molar-refractivity contribution in [2.24, 2.45) is 0 Å². The molecule has 3 aromatic heterocycles. The maximum atomic E-state index is 5.81. The Morgan fingerprint density at radius 2 is 1.57 bits per heavy atom. The van der Waals surface area contributed by atoms with Gasteiger partial charge in [0, 0.05) is 10.8 Å². The van der Waals surface area contributed by atoms with E-state index in [0.29, 0.717) is 0 Å². The molecule has 0 atom stereocenters. The van der Waals surface area contributed by atoms with Gasteiger partial charge in [0.2, 0.25) is 0 Å². The van der Waals surface area contributed by atoms with Crippen molar-refractivity contribution in [3.63, 3.8) is 0 Å². The van der Waals surface area contributed by atoms with Gasteiger partial charge in [-0.15, -0.1) is 10.2 Å². The molecule has 0 amide bonds. The normalized spacial score (nSPS) is 11.5. The van der Waals surface area contributed by atoms with Crippen molar-refractivity contribution in [3.8, 4) is 11.4 Å². The number of rotatable bonds is 1. The van der Waals surface area contributed by atoms with Crippen LogP contribution in [0.3, 0.4) is 0 Å². The Morgan fingerprint density at radius 3 is 2.57 bits per heavy atom. The van der Waals surface area contributed by atoms with Gasteiger partial charge in [0.05, 0.1) is 11.2 Å². The molecule has 0 saturated carbocycles. The van der Waals surface area contributed by atoms with E-state index in [9.17, 15) is 0 Å². The number of nitrogens with zero attached hydrogens (tertiary/aromatic N) is 3. The van der Waals surface area contributed by atoms with Crippen LogP contribution in [0.1, 0.15) is 0 Å². The molecule has 108 valence electrons. The molecule has 0 aliphatic carbocycles. The Bertz CT molecular complexity index is 1180. The van der Waals surface area contributed by atoms with Crippen molar-refractivity contribution in [1.82, 2.24) is 15.2 Å². The lowest BCUT2D eigenvalue weighted by atomic mass is 10.1. The van der Waals surface area contributed by atoms with E-state index in [-0.39, 0.29) is 0 Å². The molecule has 5 rings (SSSR count). The highest BCUT2D eigenvalue weighted by molar-refractivity contribution is 6.02. The molecule has 4 heteroatoms. The van der Waals surface area contributed by atoms with Gasteiger partial charge in [-0.05, 0) is 36.4 Å². The maximum Gasteiger partial charge on any atom is 0.153 e. The van der Waals surface area contributed by atoms with E-state index >= 15 is 0 Å². The molecule has 0 bridgehead atoms. The molecule has 0 aliphatic rings. The quantitative estimate of drug-likeness (QED) is 0.454. The van der Waals surface area contributed by atoms with Gasteiger partial charge in [-0.1, -0.05) is 30.3 Å². The third-order valence-corrected chi connectivity index (χ3v) is 3.98. The lowest BCUT2D eigenvalue weighted by molar-refractivity contribution is 0.668. The molecule has 4 nitrogen and oxygen atoms in total. The monoisotopic (exact) mass is 297 g/mol. The highest BCUT2D eigenvalue weighted by Crippen LogP contribution is 2.29. The fourth-order valence-corrected chi connectivity index (χ4v) is 2.84. The molecule has 0 unspecified atom stereocenters. The first kappa shape index (κ1) is 12.3. The minimum absolute atomic E-state index is 0.760. The standard InChI is InChI=1S/C19H11N3O/c1-3-7-14-12(5-1)11-16(22-21-14)15-9-10-18-19(20-15)13-6-2-4-8-17(13)23-18/h1-11H. The number of aromatic nitrogens is 3. The fraction of sp³-hybridized carbons (Fsp3) is 0. The van der Waals surface area contributed by atoms with Gasteiger partial charge in [0.15, 0.2) is 5.58 Å². The van der Waals surface area contributed by atoms with E-state index in [4.69, 9.17) is 9.40 Å². The minimum Gasteiger partial charge on any atom is -0.454 e.